The molecule has 8 nitrogen and oxygen atoms in total. The largest absolute Gasteiger partial charge is 0.488 e. The predicted octanol–water partition coefficient (Wildman–Crippen LogP) is 5.93. The number of nitrogens with two attached hydrogens (primary N) is 1. The number of alkyl halides is 3. The van der Waals surface area contributed by atoms with Gasteiger partial charge in [-0.2, -0.15) is 13.2 Å². The van der Waals surface area contributed by atoms with Crippen LogP contribution in [0.2, 0.25) is 0 Å². The highest BCUT2D eigenvalue weighted by atomic mass is 31.2. The van der Waals surface area contributed by atoms with Crippen molar-refractivity contribution >= 4 is 7.82 Å². The van der Waals surface area contributed by atoms with E-state index in [0.29, 0.717) is 11.3 Å². The summed E-state index contributed by atoms with van der Waals surface area (Å²) in [6, 6.07) is 20.7. The number of rotatable bonds is 9. The number of hydrogen-bond acceptors (Lipinski definition) is 5. The van der Waals surface area contributed by atoms with Crippen LogP contribution in [-0.2, 0) is 27.4 Å². The lowest BCUT2D eigenvalue weighted by Gasteiger charge is -2.22. The maximum absolute atomic E-state index is 14.0. The van der Waals surface area contributed by atoms with Crippen LogP contribution in [0.4, 0.5) is 13.2 Å². The summed E-state index contributed by atoms with van der Waals surface area (Å²) >= 11 is 0. The minimum Gasteiger partial charge on any atom is -0.488 e. The lowest BCUT2D eigenvalue weighted by molar-refractivity contribution is -0.139. The van der Waals surface area contributed by atoms with Gasteiger partial charge in [-0.05, 0) is 48.7 Å². The van der Waals surface area contributed by atoms with Gasteiger partial charge in [0, 0.05) is 11.3 Å². The summed E-state index contributed by atoms with van der Waals surface area (Å²) in [5.41, 5.74) is 7.18. The molecule has 12 heteroatoms. The first-order valence-corrected chi connectivity index (χ1v) is 13.3. The number of halogens is 3. The van der Waals surface area contributed by atoms with Gasteiger partial charge in [-0.3, -0.25) is 4.52 Å². The second kappa shape index (κ2) is 11.0. The number of H-pyrrole nitrogens is 1. The van der Waals surface area contributed by atoms with Crippen molar-refractivity contribution < 1.29 is 36.8 Å². The summed E-state index contributed by atoms with van der Waals surface area (Å²) in [6.45, 7) is 2.39. The molecule has 0 radical (unpaired) electrons. The highest BCUT2D eigenvalue weighted by Crippen LogP contribution is 2.40. The third-order valence-corrected chi connectivity index (χ3v) is 6.44. The van der Waals surface area contributed by atoms with E-state index >= 15 is 0 Å². The average molecular weight is 561 g/mol. The third kappa shape index (κ3) is 7.14. The summed E-state index contributed by atoms with van der Waals surface area (Å²) in [5, 5.41) is 0. The molecule has 0 aliphatic carbocycles. The quantitative estimate of drug-likeness (QED) is 0.186. The fourth-order valence-electron chi connectivity index (χ4n) is 3.91. The van der Waals surface area contributed by atoms with Crippen molar-refractivity contribution in [3.8, 4) is 28.1 Å². The number of aryl methyl sites for hydroxylation is 1. The Bertz CT molecular complexity index is 1480. The average Bonchev–Trinajstić information content (AvgIpc) is 3.29. The van der Waals surface area contributed by atoms with Crippen molar-refractivity contribution in [2.24, 2.45) is 5.73 Å². The van der Waals surface area contributed by atoms with Crippen molar-refractivity contribution in [2.75, 3.05) is 6.61 Å². The second-order valence-corrected chi connectivity index (χ2v) is 10.5. The number of phosphoric ester groups is 1. The van der Waals surface area contributed by atoms with Crippen LogP contribution in [-0.4, -0.2) is 26.4 Å². The van der Waals surface area contributed by atoms with E-state index in [2.05, 4.69) is 14.5 Å². The van der Waals surface area contributed by atoms with Crippen molar-refractivity contribution in [3.63, 3.8) is 0 Å². The van der Waals surface area contributed by atoms with E-state index in [4.69, 9.17) is 20.3 Å². The zero-order chi connectivity index (χ0) is 28.4. The van der Waals surface area contributed by atoms with Gasteiger partial charge in [-0.15, -0.1) is 0 Å². The molecule has 5 N–H and O–H groups in total. The Labute approximate surface area is 222 Å². The molecule has 39 heavy (non-hydrogen) atoms. The molecule has 4 rings (SSSR count). The number of aromatic nitrogens is 2. The van der Waals surface area contributed by atoms with E-state index in [-0.39, 0.29) is 29.4 Å². The minimum atomic E-state index is -4.78. The van der Waals surface area contributed by atoms with Crippen LogP contribution in [0, 0.1) is 6.92 Å². The summed E-state index contributed by atoms with van der Waals surface area (Å²) in [7, 11) is -4.78. The Kier molecular flexibility index (Phi) is 8.02. The molecule has 0 unspecified atom stereocenters. The number of aromatic amines is 1. The molecule has 0 spiro atoms. The van der Waals surface area contributed by atoms with Gasteiger partial charge < -0.3 is 25.2 Å². The molecule has 0 amide bonds. The number of nitrogens with zero attached hydrogens (tertiary/aromatic N) is 1. The summed E-state index contributed by atoms with van der Waals surface area (Å²) < 4.78 is 63.1. The molecule has 1 aromatic heterocycles. The molecular weight excluding hydrogens is 534 g/mol. The Morgan fingerprint density at radius 3 is 2.21 bits per heavy atom. The molecule has 0 aliphatic heterocycles. The maximum atomic E-state index is 14.0. The first-order chi connectivity index (χ1) is 18.2. The first kappa shape index (κ1) is 28.5. The molecule has 1 atom stereocenters. The van der Waals surface area contributed by atoms with E-state index in [1.807, 2.05) is 42.5 Å². The number of ether oxygens (including phenoxy) is 1. The number of phosphoric acid groups is 1. The number of hydrogen-bond donors (Lipinski definition) is 4. The number of imidazole rings is 1. The summed E-state index contributed by atoms with van der Waals surface area (Å²) in [4.78, 5) is 25.1. The van der Waals surface area contributed by atoms with Gasteiger partial charge in [-0.25, -0.2) is 9.55 Å². The summed E-state index contributed by atoms with van der Waals surface area (Å²) in [6.07, 6.45) is -4.70. The van der Waals surface area contributed by atoms with E-state index in [1.54, 1.807) is 19.1 Å². The van der Waals surface area contributed by atoms with Gasteiger partial charge in [-0.1, -0.05) is 54.6 Å². The molecule has 206 valence electrons. The van der Waals surface area contributed by atoms with Gasteiger partial charge in [0.2, 0.25) is 0 Å². The van der Waals surface area contributed by atoms with Crippen molar-refractivity contribution in [1.82, 2.24) is 9.97 Å². The fourth-order valence-corrected chi connectivity index (χ4v) is 4.34. The van der Waals surface area contributed by atoms with Crippen LogP contribution >= 0.6 is 7.82 Å². The van der Waals surface area contributed by atoms with Crippen LogP contribution in [0.5, 0.6) is 5.75 Å². The SMILES string of the molecule is Cc1[nH]c([C@@](C)(N)COP(=O)(O)O)nc1-c1ccc(OCc2ccc(-c3ccccc3)cc2)c(C(F)(F)F)c1. The molecule has 0 aliphatic rings. The van der Waals surface area contributed by atoms with Crippen LogP contribution in [0.3, 0.4) is 0 Å². The van der Waals surface area contributed by atoms with E-state index in [1.165, 1.54) is 19.1 Å². The minimum absolute atomic E-state index is 0.0613. The fraction of sp³-hybridized carbons (Fsp3) is 0.222. The normalized spacial score (nSPS) is 13.7. The molecular formula is C27H27F3N3O5P. The van der Waals surface area contributed by atoms with Gasteiger partial charge in [0.15, 0.2) is 0 Å². The zero-order valence-electron chi connectivity index (χ0n) is 21.1. The molecule has 0 bridgehead atoms. The zero-order valence-corrected chi connectivity index (χ0v) is 22.0. The highest BCUT2D eigenvalue weighted by Gasteiger charge is 2.36. The van der Waals surface area contributed by atoms with E-state index in [0.717, 1.165) is 17.2 Å². The van der Waals surface area contributed by atoms with E-state index in [9.17, 15) is 17.7 Å². The van der Waals surface area contributed by atoms with Crippen LogP contribution in [0.1, 0.15) is 29.6 Å². The molecule has 0 saturated heterocycles. The van der Waals surface area contributed by atoms with Crippen LogP contribution in [0.15, 0.2) is 72.8 Å². The molecule has 4 aromatic rings. The second-order valence-electron chi connectivity index (χ2n) is 9.30. The van der Waals surface area contributed by atoms with E-state index < -0.39 is 31.7 Å². The van der Waals surface area contributed by atoms with Crippen LogP contribution in [0.25, 0.3) is 22.4 Å². The monoisotopic (exact) mass is 561 g/mol. The number of benzene rings is 3. The van der Waals surface area contributed by atoms with Gasteiger partial charge >= 0.3 is 14.0 Å². The van der Waals surface area contributed by atoms with Crippen LogP contribution < -0.4 is 10.5 Å². The third-order valence-electron chi connectivity index (χ3n) is 5.97. The smallest absolute Gasteiger partial charge is 0.469 e. The highest BCUT2D eigenvalue weighted by molar-refractivity contribution is 7.46. The summed E-state index contributed by atoms with van der Waals surface area (Å²) in [5.74, 6) is -0.234. The van der Waals surface area contributed by atoms with Gasteiger partial charge in [0.25, 0.3) is 0 Å². The van der Waals surface area contributed by atoms with Gasteiger partial charge in [0.05, 0.1) is 23.4 Å². The molecule has 0 fully saturated rings. The Morgan fingerprint density at radius 2 is 1.59 bits per heavy atom. The first-order valence-electron chi connectivity index (χ1n) is 11.8. The Morgan fingerprint density at radius 1 is 0.974 bits per heavy atom. The topological polar surface area (TPSA) is 131 Å². The van der Waals surface area contributed by atoms with Crippen molar-refractivity contribution in [1.29, 1.82) is 0 Å². The Hall–Kier alpha value is -3.47. The molecule has 3 aromatic carbocycles. The molecule has 0 saturated carbocycles. The maximum Gasteiger partial charge on any atom is 0.469 e. The Balaban J connectivity index is 1.55. The van der Waals surface area contributed by atoms with Crippen molar-refractivity contribution in [2.45, 2.75) is 32.2 Å². The lowest BCUT2D eigenvalue weighted by Crippen LogP contribution is -2.39. The van der Waals surface area contributed by atoms with Crippen molar-refractivity contribution in [3.05, 3.63) is 95.4 Å². The van der Waals surface area contributed by atoms with Gasteiger partial charge in [0.1, 0.15) is 18.2 Å². The lowest BCUT2D eigenvalue weighted by atomic mass is 10.0. The number of nitrogens with one attached hydrogen (secondary N) is 1. The predicted molar refractivity (Wildman–Crippen MR) is 140 cm³/mol. The molecule has 1 heterocycles. The standard InChI is InChI=1S/C27H27F3N3O5P/c1-17-24(33-25(32-17)26(2,31)16-38-39(34,35)36)21-12-13-23(22(14-21)27(28,29)30)37-15-18-8-10-20(11-9-18)19-6-4-3-5-7-19/h3-14H,15-16,31H2,1-2H3,(H,32,33)(H2,34,35,36)/t26-/m0/s1.